The van der Waals surface area contributed by atoms with Crippen molar-refractivity contribution >= 4 is 6.16 Å². The van der Waals surface area contributed by atoms with Gasteiger partial charge in [0.05, 0.1) is 6.61 Å². The number of ether oxygens (including phenoxy) is 1. The summed E-state index contributed by atoms with van der Waals surface area (Å²) in [5.41, 5.74) is 0. The van der Waals surface area contributed by atoms with E-state index in [-0.39, 0.29) is 0 Å². The Hall–Kier alpha value is -1.17. The molecule has 0 atom stereocenters. The number of hydrogen-bond donors (Lipinski definition) is 1. The van der Waals surface area contributed by atoms with Gasteiger partial charge < -0.3 is 9.84 Å². The van der Waals surface area contributed by atoms with E-state index in [9.17, 15) is 4.79 Å². The lowest BCUT2D eigenvalue weighted by Crippen LogP contribution is -1.99. The quantitative estimate of drug-likeness (QED) is 0.453. The summed E-state index contributed by atoms with van der Waals surface area (Å²) < 4.78 is 4.11. The minimum atomic E-state index is -1.19. The zero-order chi connectivity index (χ0) is 7.70. The number of hydrogen-bond acceptors (Lipinski definition) is 2. The molecule has 0 rings (SSSR count). The zero-order valence-electron chi connectivity index (χ0n) is 5.33. The van der Waals surface area contributed by atoms with E-state index in [1.165, 1.54) is 0 Å². The number of terminal acetylenes is 1. The molecule has 0 aromatic rings. The highest BCUT2D eigenvalue weighted by atomic mass is 16.7. The van der Waals surface area contributed by atoms with Crippen LogP contribution in [0.5, 0.6) is 0 Å². The van der Waals surface area contributed by atoms with Crippen molar-refractivity contribution in [3.8, 4) is 12.8 Å². The second-order valence-electron chi connectivity index (χ2n) is 1.11. The van der Waals surface area contributed by atoms with Crippen molar-refractivity contribution in [2.24, 2.45) is 0 Å². The predicted octanol–water partition coefficient (Wildman–Crippen LogP) is 1.34. The van der Waals surface area contributed by atoms with Gasteiger partial charge in [0.15, 0.2) is 0 Å². The van der Waals surface area contributed by atoms with Gasteiger partial charge in [-0.3, -0.25) is 0 Å². The standard InChI is InChI=1S/C4H8O3.C2H2/c1-2-3-7-4(5)6;1-2/h2-3H2,1H3,(H,5,6);1-2H. The summed E-state index contributed by atoms with van der Waals surface area (Å²) in [7, 11) is 0. The summed E-state index contributed by atoms with van der Waals surface area (Å²) in [5.74, 6) is 0. The molecule has 52 valence electrons. The Labute approximate surface area is 54.6 Å². The van der Waals surface area contributed by atoms with Crippen LogP contribution in [0.4, 0.5) is 4.79 Å². The third-order valence-corrected chi connectivity index (χ3v) is 0.430. The fourth-order valence-electron chi connectivity index (χ4n) is 0.189. The highest BCUT2D eigenvalue weighted by Crippen LogP contribution is 1.78. The van der Waals surface area contributed by atoms with Crippen molar-refractivity contribution in [2.45, 2.75) is 13.3 Å². The molecule has 3 heteroatoms. The molecule has 0 amide bonds. The van der Waals surface area contributed by atoms with Crippen molar-refractivity contribution in [1.29, 1.82) is 0 Å². The van der Waals surface area contributed by atoms with Crippen molar-refractivity contribution in [1.82, 2.24) is 0 Å². The lowest BCUT2D eigenvalue weighted by Gasteiger charge is -1.91. The van der Waals surface area contributed by atoms with Gasteiger partial charge in [-0.2, -0.15) is 0 Å². The molecule has 9 heavy (non-hydrogen) atoms. The third-order valence-electron chi connectivity index (χ3n) is 0.430. The molecule has 0 aliphatic rings. The smallest absolute Gasteiger partial charge is 0.450 e. The van der Waals surface area contributed by atoms with Crippen LogP contribution in [0.2, 0.25) is 0 Å². The van der Waals surface area contributed by atoms with Gasteiger partial charge in [-0.1, -0.05) is 6.92 Å². The highest BCUT2D eigenvalue weighted by Gasteiger charge is 1.89. The van der Waals surface area contributed by atoms with Gasteiger partial charge in [0, 0.05) is 0 Å². The summed E-state index contributed by atoms with van der Waals surface area (Å²) in [6.07, 6.45) is 7.55. The van der Waals surface area contributed by atoms with Gasteiger partial charge in [-0.25, -0.2) is 4.79 Å². The van der Waals surface area contributed by atoms with Crippen molar-refractivity contribution in [3.05, 3.63) is 0 Å². The van der Waals surface area contributed by atoms with E-state index in [1.807, 2.05) is 6.92 Å². The lowest BCUT2D eigenvalue weighted by atomic mass is 10.5. The van der Waals surface area contributed by atoms with Gasteiger partial charge in [0.25, 0.3) is 0 Å². The number of carbonyl (C=O) groups is 1. The Kier molecular flexibility index (Phi) is 11.9. The van der Waals surface area contributed by atoms with E-state index in [0.29, 0.717) is 6.61 Å². The van der Waals surface area contributed by atoms with Gasteiger partial charge in [0.1, 0.15) is 0 Å². The first kappa shape index (κ1) is 10.7. The average Bonchev–Trinajstić information content (AvgIpc) is 1.88. The van der Waals surface area contributed by atoms with Crippen LogP contribution >= 0.6 is 0 Å². The van der Waals surface area contributed by atoms with E-state index < -0.39 is 6.16 Å². The summed E-state index contributed by atoms with van der Waals surface area (Å²) in [5, 5.41) is 7.82. The Morgan fingerprint density at radius 3 is 2.22 bits per heavy atom. The highest BCUT2D eigenvalue weighted by molar-refractivity contribution is 5.56. The van der Waals surface area contributed by atoms with Crippen molar-refractivity contribution in [3.63, 3.8) is 0 Å². The normalized spacial score (nSPS) is 6.56. The maximum Gasteiger partial charge on any atom is 0.505 e. The number of carboxylic acid groups (broad SMARTS) is 1. The van der Waals surface area contributed by atoms with Crippen LogP contribution in [-0.2, 0) is 4.74 Å². The van der Waals surface area contributed by atoms with Gasteiger partial charge >= 0.3 is 6.16 Å². The first-order valence-electron chi connectivity index (χ1n) is 2.46. The Balaban J connectivity index is 0. The first-order chi connectivity index (χ1) is 4.27. The summed E-state index contributed by atoms with van der Waals surface area (Å²) in [6, 6.07) is 0. The Bertz CT molecular complexity index is 85.5. The van der Waals surface area contributed by atoms with Crippen LogP contribution in [0.25, 0.3) is 0 Å². The second-order valence-corrected chi connectivity index (χ2v) is 1.11. The van der Waals surface area contributed by atoms with Gasteiger partial charge in [-0.05, 0) is 6.42 Å². The molecule has 0 bridgehead atoms. The summed E-state index contributed by atoms with van der Waals surface area (Å²) in [4.78, 5) is 9.54. The van der Waals surface area contributed by atoms with Crippen LogP contribution in [-0.4, -0.2) is 17.9 Å². The molecule has 3 nitrogen and oxygen atoms in total. The molecule has 1 N–H and O–H groups in total. The number of rotatable bonds is 2. The largest absolute Gasteiger partial charge is 0.505 e. The average molecular weight is 130 g/mol. The van der Waals surface area contributed by atoms with Crippen LogP contribution in [0.3, 0.4) is 0 Å². The van der Waals surface area contributed by atoms with Crippen molar-refractivity contribution in [2.75, 3.05) is 6.61 Å². The van der Waals surface area contributed by atoms with E-state index in [2.05, 4.69) is 17.6 Å². The molecule has 0 aromatic carbocycles. The molecule has 0 spiro atoms. The monoisotopic (exact) mass is 130 g/mol. The SMILES string of the molecule is C#C.CCCOC(=O)O. The van der Waals surface area contributed by atoms with E-state index in [1.54, 1.807) is 0 Å². The first-order valence-corrected chi connectivity index (χ1v) is 2.46. The second kappa shape index (κ2) is 9.95. The molecule has 0 saturated heterocycles. The van der Waals surface area contributed by atoms with Crippen LogP contribution in [0.1, 0.15) is 13.3 Å². The molecule has 0 fully saturated rings. The topological polar surface area (TPSA) is 46.5 Å². The molecule has 0 unspecified atom stereocenters. The molecule has 0 heterocycles. The third kappa shape index (κ3) is 19.9. The molecule has 0 aromatic heterocycles. The fourth-order valence-corrected chi connectivity index (χ4v) is 0.189. The fraction of sp³-hybridized carbons (Fsp3) is 0.500. The van der Waals surface area contributed by atoms with Gasteiger partial charge in [-0.15, -0.1) is 12.8 Å². The minimum absolute atomic E-state index is 0.301. The molecule has 0 saturated carbocycles. The minimum Gasteiger partial charge on any atom is -0.450 e. The lowest BCUT2D eigenvalue weighted by molar-refractivity contribution is 0.0918. The zero-order valence-corrected chi connectivity index (χ0v) is 5.33. The summed E-state index contributed by atoms with van der Waals surface area (Å²) in [6.45, 7) is 2.15. The predicted molar refractivity (Wildman–Crippen MR) is 34.2 cm³/mol. The van der Waals surface area contributed by atoms with Crippen LogP contribution in [0.15, 0.2) is 0 Å². The van der Waals surface area contributed by atoms with E-state index in [4.69, 9.17) is 5.11 Å². The van der Waals surface area contributed by atoms with Crippen LogP contribution in [0, 0.1) is 12.8 Å². The molecule has 0 radical (unpaired) electrons. The van der Waals surface area contributed by atoms with Gasteiger partial charge in [0.2, 0.25) is 0 Å². The molecular formula is C6H10O3. The molecule has 0 aliphatic heterocycles. The van der Waals surface area contributed by atoms with Crippen LogP contribution < -0.4 is 0 Å². The summed E-state index contributed by atoms with van der Waals surface area (Å²) >= 11 is 0. The maximum absolute atomic E-state index is 9.54. The van der Waals surface area contributed by atoms with E-state index >= 15 is 0 Å². The Morgan fingerprint density at radius 1 is 1.67 bits per heavy atom. The molecular weight excluding hydrogens is 120 g/mol. The maximum atomic E-state index is 9.54. The van der Waals surface area contributed by atoms with Crippen molar-refractivity contribution < 1.29 is 14.6 Å². The molecule has 0 aliphatic carbocycles. The Morgan fingerprint density at radius 2 is 2.11 bits per heavy atom. The van der Waals surface area contributed by atoms with E-state index in [0.717, 1.165) is 6.42 Å².